The van der Waals surface area contributed by atoms with Crippen molar-refractivity contribution in [3.8, 4) is 11.5 Å². The van der Waals surface area contributed by atoms with Crippen LogP contribution in [-0.2, 0) is 6.54 Å². The molecular formula is C13H17N3O. The first-order valence-electron chi connectivity index (χ1n) is 6.00. The van der Waals surface area contributed by atoms with E-state index in [0.717, 1.165) is 29.3 Å². The van der Waals surface area contributed by atoms with Crippen molar-refractivity contribution < 1.29 is 4.42 Å². The average molecular weight is 231 g/mol. The Labute approximate surface area is 100 Å². The number of hydrogen-bond donors (Lipinski definition) is 2. The van der Waals surface area contributed by atoms with Gasteiger partial charge in [-0.2, -0.15) is 5.10 Å². The minimum absolute atomic E-state index is 0.341. The monoisotopic (exact) mass is 231 g/mol. The highest BCUT2D eigenvalue weighted by molar-refractivity contribution is 5.56. The van der Waals surface area contributed by atoms with E-state index >= 15 is 0 Å². The number of rotatable bonds is 4. The van der Waals surface area contributed by atoms with Crippen LogP contribution < -0.4 is 5.32 Å². The molecule has 0 radical (unpaired) electrons. The lowest BCUT2D eigenvalue weighted by Crippen LogP contribution is -2.26. The highest BCUT2D eigenvalue weighted by atomic mass is 16.3. The molecule has 0 unspecified atom stereocenters. The van der Waals surface area contributed by atoms with E-state index in [0.29, 0.717) is 5.54 Å². The lowest BCUT2D eigenvalue weighted by molar-refractivity contribution is 0.531. The van der Waals surface area contributed by atoms with E-state index in [-0.39, 0.29) is 0 Å². The summed E-state index contributed by atoms with van der Waals surface area (Å²) in [4.78, 5) is 0. The molecule has 0 saturated heterocycles. The number of nitrogens with one attached hydrogen (secondary N) is 2. The van der Waals surface area contributed by atoms with Gasteiger partial charge in [-0.25, -0.2) is 0 Å². The molecule has 2 N–H and O–H groups in total. The molecule has 0 spiro atoms. The van der Waals surface area contributed by atoms with Crippen molar-refractivity contribution in [2.45, 2.75) is 38.8 Å². The number of furan rings is 1. The number of aromatic nitrogens is 2. The predicted molar refractivity (Wildman–Crippen MR) is 65.5 cm³/mol. The third kappa shape index (κ3) is 2.13. The van der Waals surface area contributed by atoms with E-state index in [1.165, 1.54) is 12.8 Å². The summed E-state index contributed by atoms with van der Waals surface area (Å²) in [6.45, 7) is 5.04. The van der Waals surface area contributed by atoms with Crippen LogP contribution in [0.3, 0.4) is 0 Å². The van der Waals surface area contributed by atoms with Gasteiger partial charge in [0.2, 0.25) is 0 Å². The van der Waals surface area contributed by atoms with Gasteiger partial charge < -0.3 is 9.73 Å². The maximum atomic E-state index is 5.62. The Balaban J connectivity index is 1.79. The van der Waals surface area contributed by atoms with Crippen LogP contribution in [0.2, 0.25) is 0 Å². The topological polar surface area (TPSA) is 53.9 Å². The van der Waals surface area contributed by atoms with Crippen LogP contribution in [0.4, 0.5) is 0 Å². The van der Waals surface area contributed by atoms with Crippen LogP contribution in [-0.4, -0.2) is 15.7 Å². The highest BCUT2D eigenvalue weighted by Crippen LogP contribution is 2.35. The average Bonchev–Trinajstić information content (AvgIpc) is 2.75. The molecule has 0 bridgehead atoms. The fraction of sp³-hybridized carbons (Fsp3) is 0.462. The van der Waals surface area contributed by atoms with Crippen molar-refractivity contribution in [2.75, 3.05) is 0 Å². The van der Waals surface area contributed by atoms with E-state index in [1.54, 1.807) is 0 Å². The van der Waals surface area contributed by atoms with Gasteiger partial charge in [-0.1, -0.05) is 0 Å². The van der Waals surface area contributed by atoms with Crippen molar-refractivity contribution in [1.29, 1.82) is 0 Å². The summed E-state index contributed by atoms with van der Waals surface area (Å²) < 4.78 is 5.62. The molecule has 0 atom stereocenters. The quantitative estimate of drug-likeness (QED) is 0.850. The minimum Gasteiger partial charge on any atom is -0.460 e. The Hall–Kier alpha value is -1.55. The largest absolute Gasteiger partial charge is 0.460 e. The summed E-state index contributed by atoms with van der Waals surface area (Å²) in [5, 5.41) is 10.7. The van der Waals surface area contributed by atoms with Gasteiger partial charge >= 0.3 is 0 Å². The van der Waals surface area contributed by atoms with E-state index in [9.17, 15) is 0 Å². The Morgan fingerprint density at radius 1 is 1.47 bits per heavy atom. The van der Waals surface area contributed by atoms with Crippen LogP contribution in [0.15, 0.2) is 22.7 Å². The SMILES string of the molecule is Cc1ccc(-c2[nH]ncc2CNC2(C)CC2)o1. The first-order valence-corrected chi connectivity index (χ1v) is 6.00. The van der Waals surface area contributed by atoms with Gasteiger partial charge in [0.1, 0.15) is 11.5 Å². The molecule has 0 aliphatic heterocycles. The van der Waals surface area contributed by atoms with Crippen LogP contribution in [0.1, 0.15) is 31.1 Å². The van der Waals surface area contributed by atoms with Crippen molar-refractivity contribution in [3.63, 3.8) is 0 Å². The summed E-state index contributed by atoms with van der Waals surface area (Å²) in [5.74, 6) is 1.78. The molecule has 1 aliphatic carbocycles. The number of aryl methyl sites for hydroxylation is 1. The number of hydrogen-bond acceptors (Lipinski definition) is 3. The van der Waals surface area contributed by atoms with Crippen molar-refractivity contribution in [2.24, 2.45) is 0 Å². The molecule has 17 heavy (non-hydrogen) atoms. The molecule has 4 nitrogen and oxygen atoms in total. The maximum Gasteiger partial charge on any atom is 0.152 e. The van der Waals surface area contributed by atoms with Crippen LogP contribution >= 0.6 is 0 Å². The molecular weight excluding hydrogens is 214 g/mol. The predicted octanol–water partition coefficient (Wildman–Crippen LogP) is 2.62. The third-order valence-electron chi connectivity index (χ3n) is 3.41. The summed E-state index contributed by atoms with van der Waals surface area (Å²) in [6, 6.07) is 3.95. The summed E-state index contributed by atoms with van der Waals surface area (Å²) in [7, 11) is 0. The highest BCUT2D eigenvalue weighted by Gasteiger charge is 2.36. The third-order valence-corrected chi connectivity index (χ3v) is 3.41. The molecule has 2 aromatic heterocycles. The van der Waals surface area contributed by atoms with Gasteiger partial charge in [0.15, 0.2) is 5.76 Å². The van der Waals surface area contributed by atoms with E-state index in [2.05, 4.69) is 22.4 Å². The maximum absolute atomic E-state index is 5.62. The normalized spacial score (nSPS) is 17.3. The number of nitrogens with zero attached hydrogens (tertiary/aromatic N) is 1. The van der Waals surface area contributed by atoms with Gasteiger partial charge in [-0.15, -0.1) is 0 Å². The Morgan fingerprint density at radius 3 is 2.94 bits per heavy atom. The minimum atomic E-state index is 0.341. The van der Waals surface area contributed by atoms with Gasteiger partial charge in [-0.3, -0.25) is 5.10 Å². The lowest BCUT2D eigenvalue weighted by atomic mass is 10.2. The summed E-state index contributed by atoms with van der Waals surface area (Å²) >= 11 is 0. The molecule has 0 aromatic carbocycles. The second kappa shape index (κ2) is 3.74. The molecule has 90 valence electrons. The first-order chi connectivity index (χ1) is 8.16. The van der Waals surface area contributed by atoms with E-state index in [4.69, 9.17) is 4.42 Å². The standard InChI is InChI=1S/C13H17N3O/c1-9-3-4-11(17-9)12-10(8-15-16-12)7-14-13(2)5-6-13/h3-4,8,14H,5-7H2,1-2H3,(H,15,16). The Morgan fingerprint density at radius 2 is 2.29 bits per heavy atom. The second-order valence-corrected chi connectivity index (χ2v) is 5.09. The van der Waals surface area contributed by atoms with Gasteiger partial charge in [0, 0.05) is 17.6 Å². The molecule has 2 aromatic rings. The zero-order chi connectivity index (χ0) is 11.9. The van der Waals surface area contributed by atoms with Crippen molar-refractivity contribution >= 4 is 0 Å². The van der Waals surface area contributed by atoms with Gasteiger partial charge in [0.25, 0.3) is 0 Å². The summed E-state index contributed by atoms with van der Waals surface area (Å²) in [6.07, 6.45) is 4.39. The fourth-order valence-corrected chi connectivity index (χ4v) is 1.90. The molecule has 1 saturated carbocycles. The van der Waals surface area contributed by atoms with E-state index < -0.39 is 0 Å². The van der Waals surface area contributed by atoms with Gasteiger partial charge in [0.05, 0.1) is 6.20 Å². The molecule has 3 rings (SSSR count). The first kappa shape index (κ1) is 10.6. The van der Waals surface area contributed by atoms with Crippen LogP contribution in [0.5, 0.6) is 0 Å². The second-order valence-electron chi connectivity index (χ2n) is 5.09. The molecule has 1 aliphatic rings. The Kier molecular flexibility index (Phi) is 2.33. The molecule has 2 heterocycles. The lowest BCUT2D eigenvalue weighted by Gasteiger charge is -2.10. The van der Waals surface area contributed by atoms with Crippen molar-refractivity contribution in [1.82, 2.24) is 15.5 Å². The smallest absolute Gasteiger partial charge is 0.152 e. The molecule has 1 fully saturated rings. The van der Waals surface area contributed by atoms with Crippen LogP contribution in [0.25, 0.3) is 11.5 Å². The van der Waals surface area contributed by atoms with Crippen LogP contribution in [0, 0.1) is 6.92 Å². The molecule has 0 amide bonds. The van der Waals surface area contributed by atoms with E-state index in [1.807, 2.05) is 25.3 Å². The molecule has 4 heteroatoms. The van der Waals surface area contributed by atoms with Crippen molar-refractivity contribution in [3.05, 3.63) is 29.7 Å². The fourth-order valence-electron chi connectivity index (χ4n) is 1.90. The zero-order valence-corrected chi connectivity index (χ0v) is 10.2. The summed E-state index contributed by atoms with van der Waals surface area (Å²) in [5.41, 5.74) is 2.48. The Bertz CT molecular complexity index is 522. The number of H-pyrrole nitrogens is 1. The zero-order valence-electron chi connectivity index (χ0n) is 10.2. The number of aromatic amines is 1. The van der Waals surface area contributed by atoms with Gasteiger partial charge in [-0.05, 0) is 38.8 Å².